The Morgan fingerprint density at radius 3 is 2.52 bits per heavy atom. The van der Waals surface area contributed by atoms with Gasteiger partial charge in [0, 0.05) is 5.69 Å². The van der Waals surface area contributed by atoms with Crippen molar-refractivity contribution < 1.29 is 9.53 Å². The molecule has 0 aliphatic rings. The maximum absolute atomic E-state index is 12.6. The van der Waals surface area contributed by atoms with E-state index in [4.69, 9.17) is 4.74 Å². The molecule has 1 atom stereocenters. The first-order chi connectivity index (χ1) is 12.1. The summed E-state index contributed by atoms with van der Waals surface area (Å²) < 4.78 is 5.98. The van der Waals surface area contributed by atoms with Gasteiger partial charge in [0.25, 0.3) is 5.91 Å². The largest absolute Gasteiger partial charge is 0.480 e. The number of amides is 1. The molecule has 0 radical (unpaired) electrons. The van der Waals surface area contributed by atoms with Crippen LogP contribution in [0.4, 0.5) is 5.69 Å². The molecular formula is C22H23NO2. The van der Waals surface area contributed by atoms with Crippen LogP contribution in [0, 0.1) is 13.8 Å². The van der Waals surface area contributed by atoms with Gasteiger partial charge in [0.1, 0.15) is 5.75 Å². The van der Waals surface area contributed by atoms with Gasteiger partial charge in [-0.05, 0) is 60.4 Å². The Balaban J connectivity index is 1.76. The number of hydrogen-bond donors (Lipinski definition) is 1. The van der Waals surface area contributed by atoms with Crippen molar-refractivity contribution in [2.24, 2.45) is 0 Å². The molecule has 3 nitrogen and oxygen atoms in total. The fourth-order valence-corrected chi connectivity index (χ4v) is 2.82. The van der Waals surface area contributed by atoms with E-state index in [0.29, 0.717) is 6.42 Å². The quantitative estimate of drug-likeness (QED) is 0.692. The molecule has 3 aromatic rings. The summed E-state index contributed by atoms with van der Waals surface area (Å²) in [5, 5.41) is 5.23. The van der Waals surface area contributed by atoms with Crippen LogP contribution in [0.15, 0.2) is 60.7 Å². The molecule has 0 aromatic heterocycles. The number of ether oxygens (including phenoxy) is 1. The summed E-state index contributed by atoms with van der Waals surface area (Å²) >= 11 is 0. The van der Waals surface area contributed by atoms with Crippen LogP contribution < -0.4 is 10.1 Å². The molecule has 0 spiro atoms. The topological polar surface area (TPSA) is 38.3 Å². The summed E-state index contributed by atoms with van der Waals surface area (Å²) in [5.41, 5.74) is 3.01. The maximum Gasteiger partial charge on any atom is 0.265 e. The van der Waals surface area contributed by atoms with Crippen molar-refractivity contribution in [1.82, 2.24) is 0 Å². The second-order valence-electron chi connectivity index (χ2n) is 6.26. The molecular weight excluding hydrogens is 310 g/mol. The molecule has 0 saturated carbocycles. The first kappa shape index (κ1) is 17.0. The van der Waals surface area contributed by atoms with Crippen molar-refractivity contribution in [3.63, 3.8) is 0 Å². The van der Waals surface area contributed by atoms with Crippen molar-refractivity contribution in [2.45, 2.75) is 33.3 Å². The van der Waals surface area contributed by atoms with Crippen LogP contribution in [-0.2, 0) is 4.79 Å². The normalized spacial score (nSPS) is 12.0. The molecule has 0 saturated heterocycles. The first-order valence-corrected chi connectivity index (χ1v) is 8.61. The van der Waals surface area contributed by atoms with Crippen LogP contribution >= 0.6 is 0 Å². The third kappa shape index (κ3) is 3.82. The van der Waals surface area contributed by atoms with Crippen LogP contribution in [0.3, 0.4) is 0 Å². The number of aryl methyl sites for hydroxylation is 1. The van der Waals surface area contributed by atoms with Gasteiger partial charge in [-0.2, -0.15) is 0 Å². The smallest absolute Gasteiger partial charge is 0.265 e. The Labute approximate surface area is 148 Å². The fourth-order valence-electron chi connectivity index (χ4n) is 2.82. The fraction of sp³-hybridized carbons (Fsp3) is 0.227. The lowest BCUT2D eigenvalue weighted by atomic mass is 10.1. The highest BCUT2D eigenvalue weighted by Crippen LogP contribution is 2.23. The number of fused-ring (bicyclic) bond motifs is 1. The second-order valence-corrected chi connectivity index (χ2v) is 6.26. The van der Waals surface area contributed by atoms with E-state index in [1.807, 2.05) is 75.4 Å². The van der Waals surface area contributed by atoms with Crippen molar-refractivity contribution in [1.29, 1.82) is 0 Å². The standard InChI is InChI=1S/C22H23NO2/c1-4-20(25-21-11-7-8-15(2)16(21)3)22(24)23-19-13-12-17-9-5-6-10-18(17)14-19/h5-14,20H,4H2,1-3H3,(H,23,24)/t20-/m0/s1. The predicted octanol–water partition coefficient (Wildman–Crippen LogP) is 5.25. The van der Waals surface area contributed by atoms with Gasteiger partial charge in [-0.3, -0.25) is 4.79 Å². The minimum atomic E-state index is -0.521. The highest BCUT2D eigenvalue weighted by Gasteiger charge is 2.19. The lowest BCUT2D eigenvalue weighted by Crippen LogP contribution is -2.32. The lowest BCUT2D eigenvalue weighted by molar-refractivity contribution is -0.122. The minimum Gasteiger partial charge on any atom is -0.480 e. The van der Waals surface area contributed by atoms with Crippen LogP contribution in [0.25, 0.3) is 10.8 Å². The summed E-state index contributed by atoms with van der Waals surface area (Å²) in [4.78, 5) is 12.6. The zero-order valence-electron chi connectivity index (χ0n) is 14.9. The first-order valence-electron chi connectivity index (χ1n) is 8.61. The van der Waals surface area contributed by atoms with Gasteiger partial charge in [-0.15, -0.1) is 0 Å². The molecule has 3 aromatic carbocycles. The van der Waals surface area contributed by atoms with Gasteiger partial charge in [-0.1, -0.05) is 49.4 Å². The van der Waals surface area contributed by atoms with E-state index >= 15 is 0 Å². The minimum absolute atomic E-state index is 0.126. The predicted molar refractivity (Wildman–Crippen MR) is 103 cm³/mol. The van der Waals surface area contributed by atoms with Crippen LogP contribution in [-0.4, -0.2) is 12.0 Å². The Kier molecular flexibility index (Phi) is 5.03. The monoisotopic (exact) mass is 333 g/mol. The van der Waals surface area contributed by atoms with E-state index in [0.717, 1.165) is 33.3 Å². The number of carbonyl (C=O) groups is 1. The zero-order valence-corrected chi connectivity index (χ0v) is 14.9. The Morgan fingerprint density at radius 2 is 1.76 bits per heavy atom. The van der Waals surface area contributed by atoms with E-state index in [9.17, 15) is 4.79 Å². The summed E-state index contributed by atoms with van der Waals surface area (Å²) in [6.07, 6.45) is 0.0826. The Morgan fingerprint density at radius 1 is 1.00 bits per heavy atom. The Hall–Kier alpha value is -2.81. The molecule has 0 unspecified atom stereocenters. The molecule has 3 rings (SSSR count). The molecule has 25 heavy (non-hydrogen) atoms. The molecule has 1 N–H and O–H groups in total. The van der Waals surface area contributed by atoms with E-state index in [1.165, 1.54) is 0 Å². The molecule has 128 valence electrons. The summed E-state index contributed by atoms with van der Waals surface area (Å²) in [6.45, 7) is 6.01. The number of benzene rings is 3. The van der Waals surface area contributed by atoms with Crippen LogP contribution in [0.2, 0.25) is 0 Å². The molecule has 0 heterocycles. The van der Waals surface area contributed by atoms with Gasteiger partial charge in [0.05, 0.1) is 0 Å². The third-order valence-electron chi connectivity index (χ3n) is 4.50. The average Bonchev–Trinajstić information content (AvgIpc) is 2.62. The summed E-state index contributed by atoms with van der Waals surface area (Å²) in [5.74, 6) is 0.638. The van der Waals surface area contributed by atoms with E-state index in [1.54, 1.807) is 0 Å². The van der Waals surface area contributed by atoms with E-state index < -0.39 is 6.10 Å². The van der Waals surface area contributed by atoms with Crippen molar-refractivity contribution in [2.75, 3.05) is 5.32 Å². The molecule has 0 aliphatic heterocycles. The van der Waals surface area contributed by atoms with Gasteiger partial charge < -0.3 is 10.1 Å². The third-order valence-corrected chi connectivity index (χ3v) is 4.50. The van der Waals surface area contributed by atoms with Crippen LogP contribution in [0.5, 0.6) is 5.75 Å². The highest BCUT2D eigenvalue weighted by molar-refractivity contribution is 5.96. The van der Waals surface area contributed by atoms with Crippen molar-refractivity contribution >= 4 is 22.4 Å². The van der Waals surface area contributed by atoms with Crippen molar-refractivity contribution in [3.8, 4) is 5.75 Å². The number of rotatable bonds is 5. The summed E-state index contributed by atoms with van der Waals surface area (Å²) in [6, 6.07) is 19.9. The van der Waals surface area contributed by atoms with Crippen LogP contribution in [0.1, 0.15) is 24.5 Å². The number of nitrogens with one attached hydrogen (secondary N) is 1. The highest BCUT2D eigenvalue weighted by atomic mass is 16.5. The molecule has 3 heteroatoms. The van der Waals surface area contributed by atoms with Gasteiger partial charge >= 0.3 is 0 Å². The lowest BCUT2D eigenvalue weighted by Gasteiger charge is -2.19. The molecule has 0 fully saturated rings. The number of carbonyl (C=O) groups excluding carboxylic acids is 1. The summed E-state index contributed by atoms with van der Waals surface area (Å²) in [7, 11) is 0. The molecule has 1 amide bonds. The molecule has 0 bridgehead atoms. The van der Waals surface area contributed by atoms with Gasteiger partial charge in [0.2, 0.25) is 0 Å². The number of anilines is 1. The Bertz CT molecular complexity index is 901. The van der Waals surface area contributed by atoms with E-state index in [-0.39, 0.29) is 5.91 Å². The SMILES string of the molecule is CC[C@H](Oc1cccc(C)c1C)C(=O)Nc1ccc2ccccc2c1. The van der Waals surface area contributed by atoms with Crippen molar-refractivity contribution in [3.05, 3.63) is 71.8 Å². The maximum atomic E-state index is 12.6. The second kappa shape index (κ2) is 7.39. The zero-order chi connectivity index (χ0) is 17.8. The molecule has 0 aliphatic carbocycles. The van der Waals surface area contributed by atoms with E-state index in [2.05, 4.69) is 11.4 Å². The van der Waals surface area contributed by atoms with Gasteiger partial charge in [0.15, 0.2) is 6.10 Å². The average molecular weight is 333 g/mol. The van der Waals surface area contributed by atoms with Gasteiger partial charge in [-0.25, -0.2) is 0 Å². The number of hydrogen-bond acceptors (Lipinski definition) is 2.